The van der Waals surface area contributed by atoms with Gasteiger partial charge in [-0.15, -0.1) is 0 Å². The maximum absolute atomic E-state index is 13.9. The van der Waals surface area contributed by atoms with Crippen molar-refractivity contribution in [2.24, 2.45) is 0 Å². The molecule has 0 fully saturated rings. The molecule has 20 heavy (non-hydrogen) atoms. The molecular formula is C16H20F2N2. The highest BCUT2D eigenvalue weighted by Crippen LogP contribution is 2.31. The highest BCUT2D eigenvalue weighted by Gasteiger charge is 2.32. The highest BCUT2D eigenvalue weighted by atomic mass is 19.1. The molecule has 1 aliphatic heterocycles. The van der Waals surface area contributed by atoms with Crippen molar-refractivity contribution >= 4 is 10.9 Å². The first kappa shape index (κ1) is 13.6. The van der Waals surface area contributed by atoms with Gasteiger partial charge in [0.05, 0.1) is 0 Å². The number of aromatic amines is 1. The summed E-state index contributed by atoms with van der Waals surface area (Å²) in [5, 5.41) is 1.17. The number of rotatable bonds is 3. The molecule has 1 atom stereocenters. The fourth-order valence-electron chi connectivity index (χ4n) is 3.14. The molecule has 1 aromatic carbocycles. The number of nitrogens with zero attached hydrogens (tertiary/aromatic N) is 1. The largest absolute Gasteiger partial charge is 0.357 e. The maximum atomic E-state index is 13.9. The molecule has 0 saturated heterocycles. The molecule has 2 nitrogen and oxygen atoms in total. The zero-order valence-corrected chi connectivity index (χ0v) is 11.9. The zero-order chi connectivity index (χ0) is 14.3. The van der Waals surface area contributed by atoms with Crippen molar-refractivity contribution < 1.29 is 8.78 Å². The molecule has 1 aliphatic rings. The molecule has 1 N–H and O–H groups in total. The summed E-state index contributed by atoms with van der Waals surface area (Å²) >= 11 is 0. The summed E-state index contributed by atoms with van der Waals surface area (Å²) in [7, 11) is 0. The minimum absolute atomic E-state index is 0.225. The molecule has 0 unspecified atom stereocenters. The molecule has 2 aromatic rings. The van der Waals surface area contributed by atoms with E-state index in [2.05, 4.69) is 11.1 Å². The average molecular weight is 278 g/mol. The van der Waals surface area contributed by atoms with Gasteiger partial charge >= 0.3 is 0 Å². The predicted molar refractivity (Wildman–Crippen MR) is 77.4 cm³/mol. The Morgan fingerprint density at radius 3 is 2.80 bits per heavy atom. The van der Waals surface area contributed by atoms with E-state index in [4.69, 9.17) is 0 Å². The number of nitrogens with one attached hydrogen (secondary N) is 1. The van der Waals surface area contributed by atoms with E-state index < -0.39 is 12.3 Å². The predicted octanol–water partition coefficient (Wildman–Crippen LogP) is 3.61. The second-order valence-corrected chi connectivity index (χ2v) is 6.26. The second kappa shape index (κ2) is 4.85. The van der Waals surface area contributed by atoms with Crippen LogP contribution in [0.2, 0.25) is 0 Å². The van der Waals surface area contributed by atoms with Crippen LogP contribution in [0.4, 0.5) is 8.78 Å². The van der Waals surface area contributed by atoms with E-state index in [1.54, 1.807) is 13.8 Å². The molecule has 3 rings (SSSR count). The van der Waals surface area contributed by atoms with Crippen molar-refractivity contribution in [3.05, 3.63) is 35.5 Å². The molecule has 4 heteroatoms. The molecule has 2 heterocycles. The molecule has 0 bridgehead atoms. The molecule has 0 saturated carbocycles. The summed E-state index contributed by atoms with van der Waals surface area (Å²) in [5.41, 5.74) is 2.06. The van der Waals surface area contributed by atoms with E-state index in [1.807, 2.05) is 23.1 Å². The molecule has 0 aliphatic carbocycles. The lowest BCUT2D eigenvalue weighted by atomic mass is 9.96. The Morgan fingerprint density at radius 1 is 1.35 bits per heavy atom. The third-order valence-corrected chi connectivity index (χ3v) is 3.98. The van der Waals surface area contributed by atoms with Crippen molar-refractivity contribution in [3.8, 4) is 0 Å². The van der Waals surface area contributed by atoms with E-state index in [0.717, 1.165) is 11.2 Å². The molecule has 0 spiro atoms. The Labute approximate surface area is 117 Å². The number of fused-ring (bicyclic) bond motifs is 3. The molecule has 108 valence electrons. The fraction of sp³-hybridized carbons (Fsp3) is 0.500. The van der Waals surface area contributed by atoms with Gasteiger partial charge in [-0.05, 0) is 31.9 Å². The van der Waals surface area contributed by atoms with Crippen LogP contribution in [0.1, 0.15) is 25.1 Å². The summed E-state index contributed by atoms with van der Waals surface area (Å²) in [5.74, 6) is 0. The van der Waals surface area contributed by atoms with Crippen LogP contribution in [0.5, 0.6) is 0 Å². The lowest BCUT2D eigenvalue weighted by Gasteiger charge is -2.36. The van der Waals surface area contributed by atoms with Gasteiger partial charge in [-0.2, -0.15) is 0 Å². The molecule has 0 amide bonds. The van der Waals surface area contributed by atoms with Crippen molar-refractivity contribution in [2.75, 3.05) is 13.2 Å². The number of hydrogen-bond acceptors (Lipinski definition) is 1. The third kappa shape index (κ3) is 2.44. The fourth-order valence-corrected chi connectivity index (χ4v) is 3.14. The zero-order valence-electron chi connectivity index (χ0n) is 11.9. The van der Waals surface area contributed by atoms with Crippen LogP contribution in [-0.2, 0) is 13.0 Å². The van der Waals surface area contributed by atoms with Crippen LogP contribution in [0, 0.1) is 0 Å². The van der Waals surface area contributed by atoms with Gasteiger partial charge in [0.15, 0.2) is 0 Å². The van der Waals surface area contributed by atoms with E-state index >= 15 is 0 Å². The van der Waals surface area contributed by atoms with E-state index in [1.165, 1.54) is 10.9 Å². The smallest absolute Gasteiger partial charge is 0.118 e. The van der Waals surface area contributed by atoms with Gasteiger partial charge in [0.25, 0.3) is 0 Å². The Kier molecular flexibility index (Phi) is 3.28. The summed E-state index contributed by atoms with van der Waals surface area (Å²) in [4.78, 5) is 5.30. The van der Waals surface area contributed by atoms with Crippen molar-refractivity contribution in [3.63, 3.8) is 0 Å². The number of para-hydroxylation sites is 1. The quantitative estimate of drug-likeness (QED) is 0.908. The lowest BCUT2D eigenvalue weighted by Crippen LogP contribution is -2.46. The average Bonchev–Trinajstić information content (AvgIpc) is 2.73. The van der Waals surface area contributed by atoms with Gasteiger partial charge < -0.3 is 4.98 Å². The van der Waals surface area contributed by atoms with E-state index in [9.17, 15) is 8.78 Å². The Bertz CT molecular complexity index is 612. The minimum Gasteiger partial charge on any atom is -0.357 e. The first-order chi connectivity index (χ1) is 9.48. The SMILES string of the molecule is CC(C)(F)CN1Cc2[nH]c3ccccc3c2C[C@H]1CF. The summed E-state index contributed by atoms with van der Waals surface area (Å²) in [6.45, 7) is 3.50. The van der Waals surface area contributed by atoms with Crippen molar-refractivity contribution in [1.29, 1.82) is 0 Å². The van der Waals surface area contributed by atoms with Crippen molar-refractivity contribution in [1.82, 2.24) is 9.88 Å². The van der Waals surface area contributed by atoms with Crippen molar-refractivity contribution in [2.45, 2.75) is 38.5 Å². The van der Waals surface area contributed by atoms with Gasteiger partial charge in [-0.3, -0.25) is 4.90 Å². The standard InChI is InChI=1S/C16H20F2N2/c1-16(2,18)10-20-9-15-13(7-11(20)8-17)12-5-3-4-6-14(12)19-15/h3-6,11,19H,7-10H2,1-2H3/t11-/m0/s1. The van der Waals surface area contributed by atoms with Crippen LogP contribution in [-0.4, -0.2) is 34.8 Å². The van der Waals surface area contributed by atoms with Gasteiger partial charge in [-0.1, -0.05) is 18.2 Å². The van der Waals surface area contributed by atoms with Crippen LogP contribution in [0.25, 0.3) is 10.9 Å². The van der Waals surface area contributed by atoms with Crippen LogP contribution in [0.15, 0.2) is 24.3 Å². The normalized spacial score (nSPS) is 20.3. The lowest BCUT2D eigenvalue weighted by molar-refractivity contribution is 0.0680. The number of hydrogen-bond donors (Lipinski definition) is 1. The first-order valence-electron chi connectivity index (χ1n) is 7.05. The Hall–Kier alpha value is -1.42. The Balaban J connectivity index is 1.96. The number of benzene rings is 1. The minimum atomic E-state index is -1.31. The first-order valence-corrected chi connectivity index (χ1v) is 7.05. The third-order valence-electron chi connectivity index (χ3n) is 3.98. The molecule has 1 aromatic heterocycles. The highest BCUT2D eigenvalue weighted by molar-refractivity contribution is 5.84. The summed E-state index contributed by atoms with van der Waals surface area (Å²) in [6, 6.07) is 7.85. The second-order valence-electron chi connectivity index (χ2n) is 6.26. The maximum Gasteiger partial charge on any atom is 0.118 e. The number of alkyl halides is 2. The number of H-pyrrole nitrogens is 1. The topological polar surface area (TPSA) is 19.0 Å². The Morgan fingerprint density at radius 2 is 2.10 bits per heavy atom. The van der Waals surface area contributed by atoms with Gasteiger partial charge in [-0.25, -0.2) is 8.78 Å². The van der Waals surface area contributed by atoms with E-state index in [-0.39, 0.29) is 12.6 Å². The van der Waals surface area contributed by atoms with Crippen LogP contribution in [0.3, 0.4) is 0 Å². The monoisotopic (exact) mass is 278 g/mol. The summed E-state index contributed by atoms with van der Waals surface area (Å²) < 4.78 is 27.2. The number of halogens is 2. The van der Waals surface area contributed by atoms with Gasteiger partial charge in [0.1, 0.15) is 12.3 Å². The molecular weight excluding hydrogens is 258 g/mol. The molecule has 0 radical (unpaired) electrons. The van der Waals surface area contributed by atoms with Crippen LogP contribution >= 0.6 is 0 Å². The van der Waals surface area contributed by atoms with Gasteiger partial charge in [0.2, 0.25) is 0 Å². The van der Waals surface area contributed by atoms with Gasteiger partial charge in [0, 0.05) is 35.7 Å². The number of aromatic nitrogens is 1. The van der Waals surface area contributed by atoms with E-state index in [0.29, 0.717) is 13.0 Å². The van der Waals surface area contributed by atoms with Crippen LogP contribution < -0.4 is 0 Å². The summed E-state index contributed by atoms with van der Waals surface area (Å²) in [6.07, 6.45) is 0.645.